The fourth-order valence-electron chi connectivity index (χ4n) is 2.02. The van der Waals surface area contributed by atoms with E-state index in [4.69, 9.17) is 5.73 Å². The van der Waals surface area contributed by atoms with Gasteiger partial charge in [0.15, 0.2) is 0 Å². The molecular weight excluding hydrogens is 272 g/mol. The lowest BCUT2D eigenvalue weighted by Gasteiger charge is -2.19. The fourth-order valence-corrected chi connectivity index (χ4v) is 2.02. The van der Waals surface area contributed by atoms with Crippen molar-refractivity contribution in [2.24, 2.45) is 0 Å². The maximum atomic E-state index is 12.0. The predicted octanol–water partition coefficient (Wildman–Crippen LogP) is -0.653. The Morgan fingerprint density at radius 3 is 2.71 bits per heavy atom. The fraction of sp³-hybridized carbons (Fsp3) is 0.357. The van der Waals surface area contributed by atoms with Crippen molar-refractivity contribution in [3.8, 4) is 0 Å². The molecule has 0 atom stereocenters. The van der Waals surface area contributed by atoms with E-state index in [9.17, 15) is 14.4 Å². The summed E-state index contributed by atoms with van der Waals surface area (Å²) in [7, 11) is 0. The van der Waals surface area contributed by atoms with Gasteiger partial charge >= 0.3 is 0 Å². The molecule has 21 heavy (non-hydrogen) atoms. The molecule has 1 aromatic carbocycles. The molecule has 0 aromatic heterocycles. The molecule has 0 bridgehead atoms. The number of amides is 3. The van der Waals surface area contributed by atoms with E-state index >= 15 is 0 Å². The number of rotatable bonds is 3. The second-order valence-electron chi connectivity index (χ2n) is 4.82. The first-order chi connectivity index (χ1) is 10.1. The minimum Gasteiger partial charge on any atom is -0.399 e. The number of carbonyl (C=O) groups is 3. The summed E-state index contributed by atoms with van der Waals surface area (Å²) < 4.78 is 0. The van der Waals surface area contributed by atoms with Crippen LogP contribution in [0, 0.1) is 0 Å². The Balaban J connectivity index is 1.86. The van der Waals surface area contributed by atoms with Crippen molar-refractivity contribution >= 4 is 23.4 Å². The highest BCUT2D eigenvalue weighted by Gasteiger charge is 2.20. The molecule has 3 amide bonds. The Kier molecular flexibility index (Phi) is 4.76. The molecule has 1 heterocycles. The monoisotopic (exact) mass is 290 g/mol. The summed E-state index contributed by atoms with van der Waals surface area (Å²) in [6.45, 7) is 0.989. The summed E-state index contributed by atoms with van der Waals surface area (Å²) >= 11 is 0. The van der Waals surface area contributed by atoms with Crippen LogP contribution in [0.15, 0.2) is 24.3 Å². The quantitative estimate of drug-likeness (QED) is 0.643. The second-order valence-corrected chi connectivity index (χ2v) is 4.82. The summed E-state index contributed by atoms with van der Waals surface area (Å²) in [5, 5.41) is 5.24. The van der Waals surface area contributed by atoms with Crippen LogP contribution >= 0.6 is 0 Å². The largest absolute Gasteiger partial charge is 0.399 e. The van der Waals surface area contributed by atoms with E-state index in [1.54, 1.807) is 24.3 Å². The number of nitrogens with two attached hydrogens (primary N) is 1. The van der Waals surface area contributed by atoms with Gasteiger partial charge in [0, 0.05) is 24.3 Å². The molecular formula is C14H18N4O3. The average molecular weight is 290 g/mol. The molecule has 0 radical (unpaired) electrons. The van der Waals surface area contributed by atoms with Crippen LogP contribution in [0.25, 0.3) is 0 Å². The summed E-state index contributed by atoms with van der Waals surface area (Å²) in [5.41, 5.74) is 6.55. The van der Waals surface area contributed by atoms with Crippen LogP contribution in [0.2, 0.25) is 0 Å². The molecule has 4 N–H and O–H groups in total. The van der Waals surface area contributed by atoms with Gasteiger partial charge in [-0.1, -0.05) is 0 Å². The Labute approximate surface area is 122 Å². The van der Waals surface area contributed by atoms with Crippen LogP contribution in [0.1, 0.15) is 16.8 Å². The van der Waals surface area contributed by atoms with Gasteiger partial charge < -0.3 is 21.3 Å². The minimum absolute atomic E-state index is 0.0383. The van der Waals surface area contributed by atoms with Gasteiger partial charge in [0.1, 0.15) is 0 Å². The number of nitrogen functional groups attached to an aromatic ring is 1. The first kappa shape index (κ1) is 14.8. The minimum atomic E-state index is -0.345. The number of anilines is 1. The van der Waals surface area contributed by atoms with Gasteiger partial charge in [0.25, 0.3) is 5.91 Å². The maximum Gasteiger partial charge on any atom is 0.251 e. The maximum absolute atomic E-state index is 12.0. The van der Waals surface area contributed by atoms with Crippen molar-refractivity contribution in [2.75, 3.05) is 31.9 Å². The average Bonchev–Trinajstić information content (AvgIpc) is 2.70. The van der Waals surface area contributed by atoms with E-state index in [0.29, 0.717) is 30.8 Å². The highest BCUT2D eigenvalue weighted by molar-refractivity contribution is 5.97. The third-order valence-electron chi connectivity index (χ3n) is 3.19. The molecule has 7 nitrogen and oxygen atoms in total. The van der Waals surface area contributed by atoms with Gasteiger partial charge in [0.05, 0.1) is 13.1 Å². The topological polar surface area (TPSA) is 105 Å². The summed E-state index contributed by atoms with van der Waals surface area (Å²) in [4.78, 5) is 36.7. The molecule has 2 rings (SSSR count). The number of carbonyl (C=O) groups excluding carboxylic acids is 3. The zero-order chi connectivity index (χ0) is 15.2. The Hall–Kier alpha value is -2.57. The molecule has 1 saturated heterocycles. The lowest BCUT2D eigenvalue weighted by atomic mass is 10.2. The summed E-state index contributed by atoms with van der Waals surface area (Å²) in [6, 6.07) is 6.43. The van der Waals surface area contributed by atoms with E-state index in [-0.39, 0.29) is 30.8 Å². The van der Waals surface area contributed by atoms with E-state index in [1.165, 1.54) is 4.90 Å². The van der Waals surface area contributed by atoms with Crippen LogP contribution in [0.3, 0.4) is 0 Å². The highest BCUT2D eigenvalue weighted by atomic mass is 16.2. The Bertz CT molecular complexity index is 542. The van der Waals surface area contributed by atoms with Crippen LogP contribution in [0.5, 0.6) is 0 Å². The lowest BCUT2D eigenvalue weighted by molar-refractivity contribution is -0.134. The summed E-state index contributed by atoms with van der Waals surface area (Å²) in [6.07, 6.45) is 0.712. The van der Waals surface area contributed by atoms with E-state index < -0.39 is 0 Å². The predicted molar refractivity (Wildman–Crippen MR) is 77.4 cm³/mol. The number of hydrogen-bond acceptors (Lipinski definition) is 4. The van der Waals surface area contributed by atoms with E-state index in [0.717, 1.165) is 0 Å². The lowest BCUT2D eigenvalue weighted by Crippen LogP contribution is -2.43. The molecule has 1 aliphatic heterocycles. The second kappa shape index (κ2) is 6.74. The van der Waals surface area contributed by atoms with Gasteiger partial charge in [-0.15, -0.1) is 0 Å². The van der Waals surface area contributed by atoms with Crippen LogP contribution in [-0.2, 0) is 9.59 Å². The van der Waals surface area contributed by atoms with Gasteiger partial charge in [-0.3, -0.25) is 14.4 Å². The first-order valence-electron chi connectivity index (χ1n) is 6.74. The zero-order valence-electron chi connectivity index (χ0n) is 11.6. The van der Waals surface area contributed by atoms with Crippen molar-refractivity contribution in [3.05, 3.63) is 29.8 Å². The van der Waals surface area contributed by atoms with Crippen molar-refractivity contribution in [1.29, 1.82) is 0 Å². The molecule has 1 aromatic rings. The number of benzene rings is 1. The molecule has 0 saturated carbocycles. The Morgan fingerprint density at radius 1 is 1.29 bits per heavy atom. The summed E-state index contributed by atoms with van der Waals surface area (Å²) in [5.74, 6) is -0.788. The smallest absolute Gasteiger partial charge is 0.251 e. The molecule has 112 valence electrons. The van der Waals surface area contributed by atoms with Crippen molar-refractivity contribution in [1.82, 2.24) is 15.5 Å². The Morgan fingerprint density at radius 2 is 2.00 bits per heavy atom. The number of nitrogens with zero attached hydrogens (tertiary/aromatic N) is 1. The molecule has 0 unspecified atom stereocenters. The van der Waals surface area contributed by atoms with Gasteiger partial charge in [-0.25, -0.2) is 0 Å². The SMILES string of the molecule is Nc1ccc(C(=O)NCC(=O)N2CCCNC(=O)C2)cc1. The molecule has 7 heteroatoms. The standard InChI is InChI=1S/C14H18N4O3/c15-11-4-2-10(3-5-11)14(21)17-8-13(20)18-7-1-6-16-12(19)9-18/h2-5H,1,6-9,15H2,(H,16,19)(H,17,21). The third kappa shape index (κ3) is 4.20. The van der Waals surface area contributed by atoms with Crippen molar-refractivity contribution in [2.45, 2.75) is 6.42 Å². The molecule has 0 spiro atoms. The van der Waals surface area contributed by atoms with Gasteiger partial charge in [-0.2, -0.15) is 0 Å². The zero-order valence-corrected chi connectivity index (χ0v) is 11.6. The molecule has 0 aliphatic carbocycles. The van der Waals surface area contributed by atoms with E-state index in [1.807, 2.05) is 0 Å². The van der Waals surface area contributed by atoms with Crippen LogP contribution < -0.4 is 16.4 Å². The molecule has 1 aliphatic rings. The normalized spacial score (nSPS) is 15.0. The van der Waals surface area contributed by atoms with Crippen molar-refractivity contribution < 1.29 is 14.4 Å². The number of hydrogen-bond donors (Lipinski definition) is 3. The third-order valence-corrected chi connectivity index (χ3v) is 3.19. The highest BCUT2D eigenvalue weighted by Crippen LogP contribution is 2.05. The van der Waals surface area contributed by atoms with Crippen LogP contribution in [0.4, 0.5) is 5.69 Å². The molecule has 1 fully saturated rings. The van der Waals surface area contributed by atoms with Crippen molar-refractivity contribution in [3.63, 3.8) is 0 Å². The van der Waals surface area contributed by atoms with Gasteiger partial charge in [0.2, 0.25) is 11.8 Å². The first-order valence-corrected chi connectivity index (χ1v) is 6.74. The number of nitrogens with one attached hydrogen (secondary N) is 2. The van der Waals surface area contributed by atoms with Crippen LogP contribution in [-0.4, -0.2) is 48.8 Å². The van der Waals surface area contributed by atoms with Gasteiger partial charge in [-0.05, 0) is 30.7 Å². The van der Waals surface area contributed by atoms with E-state index in [2.05, 4.69) is 10.6 Å².